The molecule has 0 unspecified atom stereocenters. The number of amides is 3. The lowest BCUT2D eigenvalue weighted by molar-refractivity contribution is -0.108. The molecule has 0 bridgehead atoms. The Morgan fingerprint density at radius 2 is 1.87 bits per heavy atom. The third-order valence-electron chi connectivity index (χ3n) is 2.11. The predicted molar refractivity (Wildman–Crippen MR) is 57.2 cm³/mol. The molecule has 0 spiro atoms. The van der Waals surface area contributed by atoms with E-state index >= 15 is 0 Å². The molecule has 4 nitrogen and oxygen atoms in total. The fourth-order valence-electron chi connectivity index (χ4n) is 1.30. The largest absolute Gasteiger partial charge is 0.329 e. The molecule has 2 N–H and O–H groups in total. The number of carbonyl (C=O) groups excluding carboxylic acids is 2. The van der Waals surface area contributed by atoms with E-state index in [1.807, 2.05) is 49.5 Å². The van der Waals surface area contributed by atoms with E-state index in [-0.39, 0.29) is 0 Å². The molecule has 1 aromatic carbocycles. The van der Waals surface area contributed by atoms with Gasteiger partial charge in [0.15, 0.2) is 0 Å². The minimum atomic E-state index is -0.506. The molecule has 0 atom stereocenters. The zero-order valence-corrected chi connectivity index (χ0v) is 8.78. The van der Waals surface area contributed by atoms with E-state index in [4.69, 9.17) is 0 Å². The number of urea groups is 1. The topological polar surface area (TPSA) is 58.2 Å². The van der Waals surface area contributed by atoms with Gasteiger partial charge in [-0.2, -0.15) is 0 Å². The number of carbonyl (C=O) groups is 2. The Labute approximate surface area is 88.7 Å². The summed E-state index contributed by atoms with van der Waals surface area (Å²) in [6.45, 7) is 3.74. The van der Waals surface area contributed by atoms with Crippen LogP contribution in [0.25, 0.3) is 0 Å². The highest BCUT2D eigenvalue weighted by molar-refractivity contribution is 5.84. The number of nitrogens with one attached hydrogen (secondary N) is 2. The Bertz CT molecular complexity index is 347. The van der Waals surface area contributed by atoms with E-state index in [0.29, 0.717) is 6.41 Å². The summed E-state index contributed by atoms with van der Waals surface area (Å²) in [5.74, 6) is 0. The third kappa shape index (κ3) is 3.09. The van der Waals surface area contributed by atoms with Gasteiger partial charge < -0.3 is 5.32 Å². The fraction of sp³-hybridized carbons (Fsp3) is 0.273. The zero-order valence-electron chi connectivity index (χ0n) is 8.78. The van der Waals surface area contributed by atoms with Crippen LogP contribution in [0.5, 0.6) is 0 Å². The molecule has 0 aliphatic heterocycles. The lowest BCUT2D eigenvalue weighted by Crippen LogP contribution is -2.46. The standard InChI is InChI=1S/C11H14N2O2/c1-11(2,13-10(15)12-8-14)9-6-4-3-5-7-9/h3-8H,1-2H3,(H2,12,13,14,15). The molecule has 15 heavy (non-hydrogen) atoms. The van der Waals surface area contributed by atoms with Crippen LogP contribution in [-0.2, 0) is 10.3 Å². The van der Waals surface area contributed by atoms with Crippen LogP contribution in [0.2, 0.25) is 0 Å². The minimum absolute atomic E-state index is 0.358. The molecule has 1 aromatic rings. The molecule has 0 saturated carbocycles. The predicted octanol–water partition coefficient (Wildman–Crippen LogP) is 1.38. The second-order valence-corrected chi connectivity index (χ2v) is 3.71. The molecular formula is C11H14N2O2. The fourth-order valence-corrected chi connectivity index (χ4v) is 1.30. The van der Waals surface area contributed by atoms with Crippen LogP contribution in [-0.4, -0.2) is 12.4 Å². The van der Waals surface area contributed by atoms with E-state index < -0.39 is 11.6 Å². The first-order chi connectivity index (χ1) is 7.06. The Morgan fingerprint density at radius 1 is 1.27 bits per heavy atom. The van der Waals surface area contributed by atoms with Gasteiger partial charge in [-0.15, -0.1) is 0 Å². The molecule has 0 radical (unpaired) electrons. The maximum atomic E-state index is 11.2. The van der Waals surface area contributed by atoms with Crippen LogP contribution < -0.4 is 10.6 Å². The molecule has 0 aliphatic carbocycles. The molecule has 1 rings (SSSR count). The van der Waals surface area contributed by atoms with E-state index in [2.05, 4.69) is 5.32 Å². The number of rotatable bonds is 3. The van der Waals surface area contributed by atoms with Crippen molar-refractivity contribution < 1.29 is 9.59 Å². The highest BCUT2D eigenvalue weighted by Crippen LogP contribution is 2.18. The van der Waals surface area contributed by atoms with E-state index in [1.54, 1.807) is 0 Å². The summed E-state index contributed by atoms with van der Waals surface area (Å²) in [4.78, 5) is 21.2. The van der Waals surface area contributed by atoms with E-state index in [9.17, 15) is 9.59 Å². The van der Waals surface area contributed by atoms with Crippen molar-refractivity contribution in [3.8, 4) is 0 Å². The third-order valence-corrected chi connectivity index (χ3v) is 2.11. The summed E-state index contributed by atoms with van der Waals surface area (Å²) >= 11 is 0. The second-order valence-electron chi connectivity index (χ2n) is 3.71. The van der Waals surface area contributed by atoms with Crippen LogP contribution in [0.3, 0.4) is 0 Å². The quantitative estimate of drug-likeness (QED) is 0.734. The monoisotopic (exact) mass is 206 g/mol. The van der Waals surface area contributed by atoms with Gasteiger partial charge in [0.2, 0.25) is 6.41 Å². The summed E-state index contributed by atoms with van der Waals surface area (Å²) in [6.07, 6.45) is 0.358. The van der Waals surface area contributed by atoms with Crippen LogP contribution in [0.4, 0.5) is 4.79 Å². The number of imide groups is 1. The molecule has 0 aliphatic rings. The van der Waals surface area contributed by atoms with Crippen molar-refractivity contribution in [3.63, 3.8) is 0 Å². The maximum Gasteiger partial charge on any atom is 0.321 e. The van der Waals surface area contributed by atoms with Gasteiger partial charge in [-0.25, -0.2) is 4.79 Å². The molecule has 3 amide bonds. The molecule has 0 fully saturated rings. The lowest BCUT2D eigenvalue weighted by atomic mass is 9.95. The first kappa shape index (κ1) is 11.2. The summed E-state index contributed by atoms with van der Waals surface area (Å²) in [5.41, 5.74) is 0.472. The van der Waals surface area contributed by atoms with Crippen molar-refractivity contribution in [3.05, 3.63) is 35.9 Å². The number of hydrogen-bond acceptors (Lipinski definition) is 2. The van der Waals surface area contributed by atoms with Gasteiger partial charge in [-0.05, 0) is 19.4 Å². The van der Waals surface area contributed by atoms with E-state index in [0.717, 1.165) is 5.56 Å². The van der Waals surface area contributed by atoms with Crippen molar-refractivity contribution >= 4 is 12.4 Å². The molecule has 0 heterocycles. The molecule has 80 valence electrons. The van der Waals surface area contributed by atoms with E-state index in [1.165, 1.54) is 0 Å². The number of hydrogen-bond donors (Lipinski definition) is 2. The van der Waals surface area contributed by atoms with Crippen LogP contribution in [0, 0.1) is 0 Å². The Kier molecular flexibility index (Phi) is 3.44. The van der Waals surface area contributed by atoms with Crippen LogP contribution in [0.15, 0.2) is 30.3 Å². The van der Waals surface area contributed by atoms with Crippen molar-refractivity contribution in [1.82, 2.24) is 10.6 Å². The Balaban J connectivity index is 2.75. The normalized spacial score (nSPS) is 10.5. The van der Waals surface area contributed by atoms with Crippen molar-refractivity contribution in [2.24, 2.45) is 0 Å². The highest BCUT2D eigenvalue weighted by Gasteiger charge is 2.21. The first-order valence-electron chi connectivity index (χ1n) is 4.64. The van der Waals surface area contributed by atoms with Gasteiger partial charge >= 0.3 is 6.03 Å². The van der Waals surface area contributed by atoms with Crippen LogP contribution in [0.1, 0.15) is 19.4 Å². The van der Waals surface area contributed by atoms with Gasteiger partial charge in [0.05, 0.1) is 5.54 Å². The van der Waals surface area contributed by atoms with Gasteiger partial charge in [-0.1, -0.05) is 30.3 Å². The van der Waals surface area contributed by atoms with Gasteiger partial charge in [0.25, 0.3) is 0 Å². The smallest absolute Gasteiger partial charge is 0.321 e. The summed E-state index contributed by atoms with van der Waals surface area (Å²) in [7, 11) is 0. The Hall–Kier alpha value is -1.84. The summed E-state index contributed by atoms with van der Waals surface area (Å²) in [5, 5.41) is 4.73. The van der Waals surface area contributed by atoms with Crippen LogP contribution >= 0.6 is 0 Å². The van der Waals surface area contributed by atoms with Crippen molar-refractivity contribution in [2.45, 2.75) is 19.4 Å². The Morgan fingerprint density at radius 3 is 2.40 bits per heavy atom. The molecule has 0 saturated heterocycles. The second kappa shape index (κ2) is 4.59. The number of benzene rings is 1. The van der Waals surface area contributed by atoms with Gasteiger partial charge in [0.1, 0.15) is 0 Å². The SMILES string of the molecule is CC(C)(NC(=O)NC=O)c1ccccc1. The average Bonchev–Trinajstić information content (AvgIpc) is 2.18. The summed E-state index contributed by atoms with van der Waals surface area (Å²) in [6, 6.07) is 9.04. The molecule has 4 heteroatoms. The minimum Gasteiger partial charge on any atom is -0.329 e. The maximum absolute atomic E-state index is 11.2. The zero-order chi connectivity index (χ0) is 11.3. The summed E-state index contributed by atoms with van der Waals surface area (Å²) < 4.78 is 0. The van der Waals surface area contributed by atoms with Gasteiger partial charge in [0, 0.05) is 0 Å². The van der Waals surface area contributed by atoms with Crippen molar-refractivity contribution in [1.29, 1.82) is 0 Å². The van der Waals surface area contributed by atoms with Gasteiger partial charge in [-0.3, -0.25) is 10.1 Å². The average molecular weight is 206 g/mol. The highest BCUT2D eigenvalue weighted by atomic mass is 16.2. The molecule has 0 aromatic heterocycles. The van der Waals surface area contributed by atoms with Crippen molar-refractivity contribution in [2.75, 3.05) is 0 Å². The lowest BCUT2D eigenvalue weighted by Gasteiger charge is -2.26. The first-order valence-corrected chi connectivity index (χ1v) is 4.64. The molecular weight excluding hydrogens is 192 g/mol.